The van der Waals surface area contributed by atoms with Crippen LogP contribution in [-0.2, 0) is 11.4 Å². The van der Waals surface area contributed by atoms with Gasteiger partial charge in [-0.15, -0.1) is 5.10 Å². The van der Waals surface area contributed by atoms with E-state index in [9.17, 15) is 5.11 Å². The topological polar surface area (TPSA) is 88.1 Å². The molecular weight excluding hydrogens is 332 g/mol. The van der Waals surface area contributed by atoms with Gasteiger partial charge in [-0.1, -0.05) is 35.0 Å². The van der Waals surface area contributed by atoms with Crippen LogP contribution in [0.4, 0.5) is 0 Å². The van der Waals surface area contributed by atoms with Crippen molar-refractivity contribution in [1.82, 2.24) is 0 Å². The van der Waals surface area contributed by atoms with Gasteiger partial charge in [0.15, 0.2) is 0 Å². The summed E-state index contributed by atoms with van der Waals surface area (Å²) in [6, 6.07) is 13.1. The number of hydrogen-bond acceptors (Lipinski definition) is 7. The van der Waals surface area contributed by atoms with E-state index in [1.165, 1.54) is 11.6 Å². The highest BCUT2D eigenvalue weighted by Gasteiger charge is 2.09. The zero-order valence-corrected chi connectivity index (χ0v) is 14.7. The first-order valence-corrected chi connectivity index (χ1v) is 8.22. The van der Waals surface area contributed by atoms with Crippen LogP contribution < -0.4 is 4.74 Å². The molecule has 26 heavy (non-hydrogen) atoms. The molecule has 1 N–H and O–H groups in total. The van der Waals surface area contributed by atoms with Crippen molar-refractivity contribution in [2.75, 3.05) is 13.2 Å². The Labute approximate surface area is 151 Å². The number of phenolic OH excluding ortho intramolecular Hbond substituents is 1. The average Bonchev–Trinajstić information content (AvgIpc) is 3.15. The van der Waals surface area contributed by atoms with Gasteiger partial charge in [0, 0.05) is 11.6 Å². The van der Waals surface area contributed by atoms with Crippen molar-refractivity contribution in [3.8, 4) is 11.5 Å². The van der Waals surface area contributed by atoms with Gasteiger partial charge in [-0.3, -0.25) is 0 Å². The third-order valence-corrected chi connectivity index (χ3v) is 3.82. The Bertz CT molecular complexity index is 858. The van der Waals surface area contributed by atoms with Crippen molar-refractivity contribution in [2.45, 2.75) is 20.5 Å². The molecule has 1 aliphatic heterocycles. The normalized spacial score (nSPS) is 13.6. The molecule has 2 aromatic rings. The zero-order chi connectivity index (χ0) is 18.4. The number of ether oxygens (including phenoxy) is 1. The first-order valence-electron chi connectivity index (χ1n) is 8.22. The lowest BCUT2D eigenvalue weighted by molar-refractivity contribution is 0.130. The van der Waals surface area contributed by atoms with Crippen LogP contribution in [0.1, 0.15) is 23.6 Å². The van der Waals surface area contributed by atoms with Gasteiger partial charge < -0.3 is 14.7 Å². The molecule has 134 valence electrons. The first kappa shape index (κ1) is 17.6. The standard InChI is InChI=1S/C19H20N4O3/c1-13-3-5-15(6-4-13)11-26-22-14(2)18-8-7-17(9-19(18)24)25-12-16-10-20-23-21-16/h3-9,24H,10-12H2,1-2H3/b22-14+. The molecule has 0 amide bonds. The van der Waals surface area contributed by atoms with E-state index in [0.717, 1.165) is 11.3 Å². The molecular formula is C19H20N4O3. The maximum absolute atomic E-state index is 10.2. The smallest absolute Gasteiger partial charge is 0.142 e. The Morgan fingerprint density at radius 2 is 1.96 bits per heavy atom. The molecule has 0 aliphatic carbocycles. The fourth-order valence-corrected chi connectivity index (χ4v) is 2.33. The minimum Gasteiger partial charge on any atom is -0.507 e. The second kappa shape index (κ2) is 8.24. The van der Waals surface area contributed by atoms with E-state index in [1.54, 1.807) is 19.1 Å². The Balaban J connectivity index is 1.57. The van der Waals surface area contributed by atoms with Crippen molar-refractivity contribution >= 4 is 11.4 Å². The van der Waals surface area contributed by atoms with E-state index in [2.05, 4.69) is 20.6 Å². The fourth-order valence-electron chi connectivity index (χ4n) is 2.33. The number of hydrogen-bond donors (Lipinski definition) is 1. The third kappa shape index (κ3) is 4.66. The summed E-state index contributed by atoms with van der Waals surface area (Å²) in [6.45, 7) is 4.93. The first-order chi connectivity index (χ1) is 12.6. The van der Waals surface area contributed by atoms with Gasteiger partial charge in [-0.2, -0.15) is 5.11 Å². The van der Waals surface area contributed by atoms with Crippen molar-refractivity contribution in [3.05, 3.63) is 59.2 Å². The number of benzene rings is 2. The molecule has 1 aliphatic rings. The molecule has 7 heteroatoms. The minimum absolute atomic E-state index is 0.0745. The highest BCUT2D eigenvalue weighted by molar-refractivity contribution is 6.00. The van der Waals surface area contributed by atoms with Gasteiger partial charge in [0.1, 0.15) is 37.0 Å². The van der Waals surface area contributed by atoms with E-state index >= 15 is 0 Å². The van der Waals surface area contributed by atoms with Gasteiger partial charge in [0.25, 0.3) is 0 Å². The fraction of sp³-hybridized carbons (Fsp3) is 0.263. The predicted octanol–water partition coefficient (Wildman–Crippen LogP) is 3.84. The van der Waals surface area contributed by atoms with Gasteiger partial charge >= 0.3 is 0 Å². The number of rotatable bonds is 7. The molecule has 0 saturated heterocycles. The van der Waals surface area contributed by atoms with Gasteiger partial charge in [-0.05, 0) is 36.8 Å². The summed E-state index contributed by atoms with van der Waals surface area (Å²) in [4.78, 5) is 5.39. The SMILES string of the molecule is C/C(=N\OCc1ccc(C)cc1)c1ccc(OCC2=NN=NC2)cc1O. The molecule has 1 heterocycles. The van der Waals surface area contributed by atoms with Crippen LogP contribution in [0.3, 0.4) is 0 Å². The predicted molar refractivity (Wildman–Crippen MR) is 98.9 cm³/mol. The molecule has 0 unspecified atom stereocenters. The van der Waals surface area contributed by atoms with E-state index < -0.39 is 0 Å². The largest absolute Gasteiger partial charge is 0.507 e. The molecule has 0 aromatic heterocycles. The van der Waals surface area contributed by atoms with Gasteiger partial charge in [-0.25, -0.2) is 0 Å². The van der Waals surface area contributed by atoms with Crippen LogP contribution >= 0.6 is 0 Å². The quantitative estimate of drug-likeness (QED) is 0.606. The number of oxime groups is 1. The number of nitrogens with zero attached hydrogens (tertiary/aromatic N) is 4. The summed E-state index contributed by atoms with van der Waals surface area (Å²) in [7, 11) is 0. The Morgan fingerprint density at radius 3 is 2.65 bits per heavy atom. The lowest BCUT2D eigenvalue weighted by Crippen LogP contribution is -2.12. The van der Waals surface area contributed by atoms with Crippen LogP contribution in [0.25, 0.3) is 0 Å². The van der Waals surface area contributed by atoms with Crippen LogP contribution in [0, 0.1) is 6.92 Å². The summed E-state index contributed by atoms with van der Waals surface area (Å²) in [5.74, 6) is 0.611. The minimum atomic E-state index is 0.0745. The van der Waals surface area contributed by atoms with Gasteiger partial charge in [0.2, 0.25) is 0 Å². The van der Waals surface area contributed by atoms with E-state index in [1.807, 2.05) is 31.2 Å². The molecule has 0 saturated carbocycles. The molecule has 2 aromatic carbocycles. The summed E-state index contributed by atoms with van der Waals surface area (Å²) in [5, 5.41) is 25.4. The van der Waals surface area contributed by atoms with Crippen LogP contribution in [0.2, 0.25) is 0 Å². The number of aryl methyl sites for hydroxylation is 1. The second-order valence-corrected chi connectivity index (χ2v) is 5.96. The average molecular weight is 352 g/mol. The van der Waals surface area contributed by atoms with E-state index in [4.69, 9.17) is 9.57 Å². The highest BCUT2D eigenvalue weighted by Crippen LogP contribution is 2.24. The molecule has 0 bridgehead atoms. The monoisotopic (exact) mass is 352 g/mol. The maximum Gasteiger partial charge on any atom is 0.142 e. The lowest BCUT2D eigenvalue weighted by Gasteiger charge is -2.09. The lowest BCUT2D eigenvalue weighted by atomic mass is 10.1. The Kier molecular flexibility index (Phi) is 5.58. The maximum atomic E-state index is 10.2. The molecule has 3 rings (SSSR count). The summed E-state index contributed by atoms with van der Waals surface area (Å²) in [5.41, 5.74) is 4.15. The molecule has 0 radical (unpaired) electrons. The molecule has 0 spiro atoms. The summed E-state index contributed by atoms with van der Waals surface area (Å²) >= 11 is 0. The Morgan fingerprint density at radius 1 is 1.15 bits per heavy atom. The summed E-state index contributed by atoms with van der Waals surface area (Å²) < 4.78 is 5.57. The van der Waals surface area contributed by atoms with Crippen LogP contribution in [0.15, 0.2) is 63.1 Å². The number of phenols is 1. The van der Waals surface area contributed by atoms with E-state index in [0.29, 0.717) is 36.8 Å². The van der Waals surface area contributed by atoms with Crippen molar-refractivity contribution in [1.29, 1.82) is 0 Å². The molecule has 0 fully saturated rings. The molecule has 7 nitrogen and oxygen atoms in total. The number of aromatic hydroxyl groups is 1. The van der Waals surface area contributed by atoms with Gasteiger partial charge in [0.05, 0.1) is 5.71 Å². The third-order valence-electron chi connectivity index (χ3n) is 3.82. The van der Waals surface area contributed by atoms with Crippen molar-refractivity contribution in [2.24, 2.45) is 20.6 Å². The van der Waals surface area contributed by atoms with Crippen molar-refractivity contribution in [3.63, 3.8) is 0 Å². The van der Waals surface area contributed by atoms with E-state index in [-0.39, 0.29) is 5.75 Å². The molecule has 0 atom stereocenters. The van der Waals surface area contributed by atoms with Crippen LogP contribution in [-0.4, -0.2) is 29.7 Å². The zero-order valence-electron chi connectivity index (χ0n) is 14.7. The Hall–Kier alpha value is -3.22. The summed E-state index contributed by atoms with van der Waals surface area (Å²) in [6.07, 6.45) is 0. The van der Waals surface area contributed by atoms with Crippen LogP contribution in [0.5, 0.6) is 11.5 Å². The highest BCUT2D eigenvalue weighted by atomic mass is 16.6. The second-order valence-electron chi connectivity index (χ2n) is 5.96. The van der Waals surface area contributed by atoms with Crippen molar-refractivity contribution < 1.29 is 14.7 Å².